The number of allylic oxidation sites excluding steroid dienone is 2. The van der Waals surface area contributed by atoms with Crippen LogP contribution in [0.1, 0.15) is 25.0 Å². The molecule has 0 nitrogen and oxygen atoms in total. The fraction of sp³-hybridized carbons (Fsp3) is 0.182. The third kappa shape index (κ3) is 0.827. The number of hydrogen-bond acceptors (Lipinski definition) is 0. The third-order valence-electron chi connectivity index (χ3n) is 2.59. The zero-order valence-corrected chi connectivity index (χ0v) is 7.39. The van der Waals surface area contributed by atoms with Crippen molar-refractivity contribution in [3.05, 3.63) is 41.0 Å². The number of benzene rings is 1. The molecule has 0 fully saturated rings. The molecular weight excluding hydrogens is 143 g/mol. The first kappa shape index (κ1) is 7.54. The predicted octanol–water partition coefficient (Wildman–Crippen LogP) is 2.18. The Bertz CT molecular complexity index is 386. The zero-order chi connectivity index (χ0) is 8.72. The van der Waals surface area contributed by atoms with Crippen molar-refractivity contribution in [2.24, 2.45) is 0 Å². The fourth-order valence-electron chi connectivity index (χ4n) is 1.65. The third-order valence-corrected chi connectivity index (χ3v) is 2.59. The van der Waals surface area contributed by atoms with E-state index in [1.54, 1.807) is 0 Å². The van der Waals surface area contributed by atoms with Gasteiger partial charge >= 0.3 is 73.3 Å². The molecule has 1 aromatic carbocycles. The van der Waals surface area contributed by atoms with Crippen LogP contribution in [0.5, 0.6) is 0 Å². The minimum absolute atomic E-state index is 0.933. The van der Waals surface area contributed by atoms with Crippen LogP contribution in [0.4, 0.5) is 0 Å². The summed E-state index contributed by atoms with van der Waals surface area (Å²) in [7, 11) is 5.94. The van der Waals surface area contributed by atoms with Crippen molar-refractivity contribution >= 4 is 18.5 Å². The van der Waals surface area contributed by atoms with Crippen LogP contribution >= 0.6 is 0 Å². The summed E-state index contributed by atoms with van der Waals surface area (Å²) in [5.74, 6) is 0. The second kappa shape index (κ2) is 2.44. The number of hydrogen-bond donors (Lipinski definition) is 0. The van der Waals surface area contributed by atoms with E-state index in [1.807, 2.05) is 12.1 Å². The van der Waals surface area contributed by atoms with E-state index in [0.29, 0.717) is 0 Å². The molecule has 0 N–H and O–H groups in total. The van der Waals surface area contributed by atoms with E-state index in [9.17, 15) is 0 Å². The quantitative estimate of drug-likeness (QED) is 0.501. The summed E-state index contributed by atoms with van der Waals surface area (Å²) in [6, 6.07) is 8.27. The average molecular weight is 153 g/mol. The molecule has 12 heavy (non-hydrogen) atoms. The molecule has 1 aliphatic carbocycles. The maximum absolute atomic E-state index is 5.94. The normalized spacial score (nSPS) is 15.2. The zero-order valence-electron chi connectivity index (χ0n) is 7.39. The molecule has 0 saturated carbocycles. The Labute approximate surface area is 74.0 Å². The molecule has 0 aliphatic heterocycles. The fourth-order valence-corrected chi connectivity index (χ4v) is 1.65. The molecule has 1 heteroatoms. The van der Waals surface area contributed by atoms with Gasteiger partial charge in [-0.2, -0.15) is 0 Å². The van der Waals surface area contributed by atoms with Gasteiger partial charge in [0.2, 0.25) is 0 Å². The average Bonchev–Trinajstić information content (AvgIpc) is 2.33. The first-order chi connectivity index (χ1) is 5.72. The molecule has 1 radical (unpaired) electrons. The molecule has 0 bridgehead atoms. The molecule has 0 heterocycles. The predicted molar refractivity (Wildman–Crippen MR) is 54.6 cm³/mol. The molecular formula is C11H10B. The van der Waals surface area contributed by atoms with Gasteiger partial charge in [-0.25, -0.2) is 0 Å². The van der Waals surface area contributed by atoms with Crippen molar-refractivity contribution in [3.63, 3.8) is 0 Å². The van der Waals surface area contributed by atoms with Crippen LogP contribution in [0.15, 0.2) is 29.8 Å². The van der Waals surface area contributed by atoms with E-state index >= 15 is 0 Å². The Morgan fingerprint density at radius 1 is 0.917 bits per heavy atom. The molecule has 0 amide bonds. The van der Waals surface area contributed by atoms with Crippen LogP contribution in [-0.2, 0) is 0 Å². The van der Waals surface area contributed by atoms with E-state index in [1.165, 1.54) is 22.3 Å². The van der Waals surface area contributed by atoms with Gasteiger partial charge < -0.3 is 0 Å². The van der Waals surface area contributed by atoms with Gasteiger partial charge in [0, 0.05) is 0 Å². The molecule has 0 unspecified atom stereocenters. The van der Waals surface area contributed by atoms with E-state index < -0.39 is 0 Å². The van der Waals surface area contributed by atoms with Crippen LogP contribution in [-0.4, -0.2) is 13.0 Å². The van der Waals surface area contributed by atoms with Crippen LogP contribution in [0.3, 0.4) is 0 Å². The monoisotopic (exact) mass is 153 g/mol. The molecule has 0 atom stereocenters. The summed E-state index contributed by atoms with van der Waals surface area (Å²) in [5, 5.41) is 0. The number of rotatable bonds is 0. The minimum atomic E-state index is 0.933. The van der Waals surface area contributed by atoms with Gasteiger partial charge in [-0.3, -0.25) is 0 Å². The maximum atomic E-state index is 5.94. The van der Waals surface area contributed by atoms with Gasteiger partial charge in [0.05, 0.1) is 0 Å². The van der Waals surface area contributed by atoms with E-state index in [4.69, 9.17) is 7.49 Å². The number of fused-ring (bicyclic) bond motifs is 1. The Kier molecular flexibility index (Phi) is 1.54. The van der Waals surface area contributed by atoms with Gasteiger partial charge in [-0.15, -0.1) is 0 Å². The summed E-state index contributed by atoms with van der Waals surface area (Å²) < 4.78 is 0. The standard InChI is InChI=1S/C11H10B/c1-7-8(2)11(12)10-6-4-3-5-9(7)10/h3-6H,1-2H3. The molecule has 57 valence electrons. The summed E-state index contributed by atoms with van der Waals surface area (Å²) in [5.41, 5.74) is 5.93. The van der Waals surface area contributed by atoms with Crippen molar-refractivity contribution in [1.82, 2.24) is 0 Å². The SMILES string of the molecule is [B]=C1C(C)=C(C)c2ccccc21. The van der Waals surface area contributed by atoms with Gasteiger partial charge in [0.1, 0.15) is 0 Å². The van der Waals surface area contributed by atoms with Crippen molar-refractivity contribution in [2.45, 2.75) is 13.8 Å². The molecule has 1 aromatic rings. The summed E-state index contributed by atoms with van der Waals surface area (Å²) in [6.45, 7) is 4.19. The van der Waals surface area contributed by atoms with Crippen molar-refractivity contribution in [3.8, 4) is 0 Å². The second-order valence-electron chi connectivity index (χ2n) is 3.21. The first-order valence-electron chi connectivity index (χ1n) is 4.12. The molecule has 2 rings (SSSR count). The van der Waals surface area contributed by atoms with E-state index in [0.717, 1.165) is 5.46 Å². The topological polar surface area (TPSA) is 0 Å². The van der Waals surface area contributed by atoms with Gasteiger partial charge in [0.15, 0.2) is 0 Å². The van der Waals surface area contributed by atoms with Crippen molar-refractivity contribution < 1.29 is 0 Å². The van der Waals surface area contributed by atoms with Crippen LogP contribution in [0.25, 0.3) is 5.57 Å². The van der Waals surface area contributed by atoms with E-state index in [-0.39, 0.29) is 0 Å². The Balaban J connectivity index is 2.73. The van der Waals surface area contributed by atoms with Gasteiger partial charge in [0.25, 0.3) is 0 Å². The Morgan fingerprint density at radius 3 is 2.08 bits per heavy atom. The summed E-state index contributed by atoms with van der Waals surface area (Å²) >= 11 is 0. The Morgan fingerprint density at radius 2 is 1.50 bits per heavy atom. The second-order valence-corrected chi connectivity index (χ2v) is 3.21. The first-order valence-corrected chi connectivity index (χ1v) is 4.12. The van der Waals surface area contributed by atoms with Crippen LogP contribution in [0.2, 0.25) is 0 Å². The molecule has 0 spiro atoms. The van der Waals surface area contributed by atoms with Crippen molar-refractivity contribution in [2.75, 3.05) is 0 Å². The van der Waals surface area contributed by atoms with Crippen LogP contribution < -0.4 is 0 Å². The van der Waals surface area contributed by atoms with Crippen molar-refractivity contribution in [1.29, 1.82) is 0 Å². The molecule has 1 aliphatic rings. The summed E-state index contributed by atoms with van der Waals surface area (Å²) in [6.07, 6.45) is 0. The van der Waals surface area contributed by atoms with Crippen LogP contribution in [0, 0.1) is 0 Å². The summed E-state index contributed by atoms with van der Waals surface area (Å²) in [4.78, 5) is 0. The Hall–Kier alpha value is -1.11. The van der Waals surface area contributed by atoms with Gasteiger partial charge in [-0.05, 0) is 0 Å². The van der Waals surface area contributed by atoms with Gasteiger partial charge in [-0.1, -0.05) is 0 Å². The molecule has 0 aromatic heterocycles. The molecule has 0 saturated heterocycles. The van der Waals surface area contributed by atoms with E-state index in [2.05, 4.69) is 26.0 Å².